The molecule has 1 saturated heterocycles. The molecule has 1 fully saturated rings. The smallest absolute Gasteiger partial charge is 0.244 e. The number of sulfonamides is 1. The van der Waals surface area contributed by atoms with Crippen molar-refractivity contribution in [2.75, 3.05) is 26.2 Å². The van der Waals surface area contributed by atoms with Crippen molar-refractivity contribution in [1.82, 2.24) is 14.2 Å². The fourth-order valence-electron chi connectivity index (χ4n) is 2.82. The van der Waals surface area contributed by atoms with Gasteiger partial charge in [-0.3, -0.25) is 4.90 Å². The molecule has 5 nitrogen and oxygen atoms in total. The molecule has 2 aromatic rings. The van der Waals surface area contributed by atoms with Gasteiger partial charge in [0, 0.05) is 38.9 Å². The molecule has 7 heteroatoms. The van der Waals surface area contributed by atoms with Gasteiger partial charge in [0.25, 0.3) is 0 Å². The monoisotopic (exact) mass is 365 g/mol. The molecule has 1 aliphatic heterocycles. The number of hydrogen-bond donors (Lipinski definition) is 0. The van der Waals surface area contributed by atoms with Crippen LogP contribution >= 0.6 is 11.6 Å². The van der Waals surface area contributed by atoms with Gasteiger partial charge in [0.15, 0.2) is 0 Å². The minimum atomic E-state index is -3.50. The highest BCUT2D eigenvalue weighted by molar-refractivity contribution is 7.89. The van der Waals surface area contributed by atoms with Gasteiger partial charge in [-0.15, -0.1) is 0 Å². The van der Waals surface area contributed by atoms with E-state index in [2.05, 4.69) is 28.9 Å². The van der Waals surface area contributed by atoms with Crippen LogP contribution in [0.1, 0.15) is 11.1 Å². The minimum absolute atomic E-state index is 0.194. The number of aryl methyl sites for hydroxylation is 1. The van der Waals surface area contributed by atoms with E-state index in [1.807, 2.05) is 12.1 Å². The van der Waals surface area contributed by atoms with Crippen LogP contribution in [0.4, 0.5) is 0 Å². The highest BCUT2D eigenvalue weighted by atomic mass is 35.5. The Morgan fingerprint density at radius 1 is 1.08 bits per heavy atom. The minimum Gasteiger partial charge on any atom is -0.296 e. The summed E-state index contributed by atoms with van der Waals surface area (Å²) in [5.74, 6) is 0. The van der Waals surface area contributed by atoms with Crippen molar-refractivity contribution in [2.24, 2.45) is 0 Å². The summed E-state index contributed by atoms with van der Waals surface area (Å²) in [7, 11) is -3.50. The van der Waals surface area contributed by atoms with Gasteiger partial charge in [0.1, 0.15) is 10.0 Å². The second-order valence-corrected chi connectivity index (χ2v) is 8.25. The third kappa shape index (κ3) is 3.78. The van der Waals surface area contributed by atoms with Crippen LogP contribution in [0.3, 0.4) is 0 Å². The van der Waals surface area contributed by atoms with Crippen molar-refractivity contribution >= 4 is 21.6 Å². The number of nitrogens with zero attached hydrogens (tertiary/aromatic N) is 3. The van der Waals surface area contributed by atoms with Gasteiger partial charge in [-0.2, -0.15) is 4.31 Å². The van der Waals surface area contributed by atoms with Gasteiger partial charge in [0.05, 0.1) is 0 Å². The fraction of sp³-hybridized carbons (Fsp3) is 0.353. The number of hydrogen-bond acceptors (Lipinski definition) is 4. The van der Waals surface area contributed by atoms with E-state index in [0.29, 0.717) is 26.2 Å². The van der Waals surface area contributed by atoms with Gasteiger partial charge in [0.2, 0.25) is 10.0 Å². The number of rotatable bonds is 4. The lowest BCUT2D eigenvalue weighted by molar-refractivity contribution is 0.181. The maximum absolute atomic E-state index is 12.6. The van der Waals surface area contributed by atoms with E-state index in [9.17, 15) is 8.42 Å². The lowest BCUT2D eigenvalue weighted by atomic mass is 10.1. The molecule has 24 heavy (non-hydrogen) atoms. The van der Waals surface area contributed by atoms with Crippen LogP contribution in [-0.2, 0) is 16.6 Å². The Labute approximate surface area is 147 Å². The Bertz CT molecular complexity index is 801. The average molecular weight is 366 g/mol. The normalized spacial score (nSPS) is 17.1. The van der Waals surface area contributed by atoms with Crippen molar-refractivity contribution in [3.8, 4) is 0 Å². The van der Waals surface area contributed by atoms with Crippen LogP contribution in [0.25, 0.3) is 0 Å². The molecule has 0 amide bonds. The van der Waals surface area contributed by atoms with Crippen LogP contribution in [-0.4, -0.2) is 48.8 Å². The maximum Gasteiger partial charge on any atom is 0.244 e. The molecule has 1 aromatic heterocycles. The molecule has 1 aromatic carbocycles. The van der Waals surface area contributed by atoms with Crippen LogP contribution in [0.5, 0.6) is 0 Å². The summed E-state index contributed by atoms with van der Waals surface area (Å²) < 4.78 is 26.8. The number of halogens is 1. The number of benzene rings is 1. The van der Waals surface area contributed by atoms with E-state index >= 15 is 0 Å². The molecule has 3 rings (SSSR count). The van der Waals surface area contributed by atoms with E-state index in [0.717, 1.165) is 6.54 Å². The third-order valence-corrected chi connectivity index (χ3v) is 6.43. The first kappa shape index (κ1) is 17.4. The topological polar surface area (TPSA) is 53.5 Å². The van der Waals surface area contributed by atoms with Crippen LogP contribution in [0.15, 0.2) is 47.5 Å². The van der Waals surface area contributed by atoms with Crippen molar-refractivity contribution in [3.05, 3.63) is 58.9 Å². The highest BCUT2D eigenvalue weighted by Gasteiger charge is 2.28. The third-order valence-electron chi connectivity index (χ3n) is 4.32. The predicted molar refractivity (Wildman–Crippen MR) is 94.5 cm³/mol. The zero-order valence-corrected chi connectivity index (χ0v) is 15.1. The Morgan fingerprint density at radius 2 is 1.79 bits per heavy atom. The first-order valence-electron chi connectivity index (χ1n) is 7.85. The molecule has 0 unspecified atom stereocenters. The second kappa shape index (κ2) is 7.19. The van der Waals surface area contributed by atoms with E-state index in [4.69, 9.17) is 11.6 Å². The van der Waals surface area contributed by atoms with Crippen molar-refractivity contribution in [1.29, 1.82) is 0 Å². The van der Waals surface area contributed by atoms with Gasteiger partial charge in [-0.25, -0.2) is 13.4 Å². The Morgan fingerprint density at radius 3 is 2.42 bits per heavy atom. The second-order valence-electron chi connectivity index (χ2n) is 5.92. The Hall–Kier alpha value is -1.47. The highest BCUT2D eigenvalue weighted by Crippen LogP contribution is 2.19. The van der Waals surface area contributed by atoms with Crippen LogP contribution < -0.4 is 0 Å². The summed E-state index contributed by atoms with van der Waals surface area (Å²) >= 11 is 5.73. The van der Waals surface area contributed by atoms with Gasteiger partial charge in [-0.05, 0) is 30.2 Å². The molecule has 0 atom stereocenters. The largest absolute Gasteiger partial charge is 0.296 e. The molecule has 0 radical (unpaired) electrons. The van der Waals surface area contributed by atoms with Crippen molar-refractivity contribution in [3.63, 3.8) is 0 Å². The first-order valence-corrected chi connectivity index (χ1v) is 9.67. The zero-order valence-electron chi connectivity index (χ0n) is 13.5. The summed E-state index contributed by atoms with van der Waals surface area (Å²) in [6, 6.07) is 11.3. The van der Waals surface area contributed by atoms with E-state index in [1.165, 1.54) is 33.8 Å². The van der Waals surface area contributed by atoms with E-state index in [1.54, 1.807) is 0 Å². The first-order chi connectivity index (χ1) is 11.5. The van der Waals surface area contributed by atoms with Crippen molar-refractivity contribution < 1.29 is 8.42 Å². The number of piperazine rings is 1. The summed E-state index contributed by atoms with van der Waals surface area (Å²) in [6.07, 6.45) is 1.32. The molecular formula is C17H20ClN3O2S. The summed E-state index contributed by atoms with van der Waals surface area (Å²) in [4.78, 5) is 6.35. The van der Waals surface area contributed by atoms with Crippen LogP contribution in [0.2, 0.25) is 5.15 Å². The molecule has 0 spiro atoms. The number of pyridine rings is 1. The van der Waals surface area contributed by atoms with Crippen molar-refractivity contribution in [2.45, 2.75) is 18.4 Å². The lowest BCUT2D eigenvalue weighted by Crippen LogP contribution is -2.48. The maximum atomic E-state index is 12.6. The molecular weight excluding hydrogens is 346 g/mol. The average Bonchev–Trinajstić information content (AvgIpc) is 2.58. The summed E-state index contributed by atoms with van der Waals surface area (Å²) in [5, 5.41) is 0.289. The molecule has 0 aliphatic carbocycles. The van der Waals surface area contributed by atoms with E-state index in [-0.39, 0.29) is 10.0 Å². The van der Waals surface area contributed by atoms with E-state index < -0.39 is 10.0 Å². The number of aromatic nitrogens is 1. The summed E-state index contributed by atoms with van der Waals surface area (Å²) in [6.45, 7) is 5.35. The Balaban J connectivity index is 1.64. The molecule has 2 heterocycles. The lowest BCUT2D eigenvalue weighted by Gasteiger charge is -2.34. The standard InChI is InChI=1S/C17H20ClN3O2S/c1-14-4-2-3-5-15(14)13-20-8-10-21(11-9-20)24(22,23)16-6-7-17(18)19-12-16/h2-7,12H,8-11,13H2,1H3. The molecule has 128 valence electrons. The van der Waals surface area contributed by atoms with Crippen LogP contribution in [0, 0.1) is 6.92 Å². The molecule has 0 bridgehead atoms. The molecule has 1 aliphatic rings. The Kier molecular flexibility index (Phi) is 5.20. The SMILES string of the molecule is Cc1ccccc1CN1CCN(S(=O)(=O)c2ccc(Cl)nc2)CC1. The van der Waals surface area contributed by atoms with Gasteiger partial charge >= 0.3 is 0 Å². The molecule has 0 N–H and O–H groups in total. The fourth-order valence-corrected chi connectivity index (χ4v) is 4.30. The predicted octanol–water partition coefficient (Wildman–Crippen LogP) is 2.55. The zero-order chi connectivity index (χ0) is 17.2. The van der Waals surface area contributed by atoms with Gasteiger partial charge < -0.3 is 0 Å². The van der Waals surface area contributed by atoms with Gasteiger partial charge in [-0.1, -0.05) is 35.9 Å². The summed E-state index contributed by atoms with van der Waals surface area (Å²) in [5.41, 5.74) is 2.55. The quantitative estimate of drug-likeness (QED) is 0.781. The molecule has 0 saturated carbocycles.